The monoisotopic (exact) mass is 312 g/mol. The Morgan fingerprint density at radius 3 is 2.29 bits per heavy atom. The molecule has 0 bridgehead atoms. The van der Waals surface area contributed by atoms with Gasteiger partial charge in [0.2, 0.25) is 5.91 Å². The number of nitrogens with one attached hydrogen (secondary N) is 1. The Balaban J connectivity index is 3.16. The molecule has 0 saturated heterocycles. The van der Waals surface area contributed by atoms with E-state index < -0.39 is 15.3 Å². The van der Waals surface area contributed by atoms with Crippen molar-refractivity contribution in [3.63, 3.8) is 0 Å². The molecule has 0 aliphatic carbocycles. The summed E-state index contributed by atoms with van der Waals surface area (Å²) in [7, 11) is -3.31. The van der Waals surface area contributed by atoms with Crippen molar-refractivity contribution in [1.29, 1.82) is 0 Å². The van der Waals surface area contributed by atoms with Crippen LogP contribution in [0.15, 0.2) is 23.1 Å². The van der Waals surface area contributed by atoms with Gasteiger partial charge in [0.15, 0.2) is 9.84 Å². The SMILES string of the molecule is CCC(CC)(CN)C(=O)Nc1cc(S(C)(=O)=O)ccc1C. The number of hydrogen-bond donors (Lipinski definition) is 2. The maximum absolute atomic E-state index is 12.5. The maximum atomic E-state index is 12.5. The fraction of sp³-hybridized carbons (Fsp3) is 0.533. The minimum atomic E-state index is -3.31. The van der Waals surface area contributed by atoms with Crippen LogP contribution in [0.4, 0.5) is 5.69 Å². The van der Waals surface area contributed by atoms with Crippen molar-refractivity contribution in [3.05, 3.63) is 23.8 Å². The predicted molar refractivity (Wildman–Crippen MR) is 85.0 cm³/mol. The molecular weight excluding hydrogens is 288 g/mol. The summed E-state index contributed by atoms with van der Waals surface area (Å²) >= 11 is 0. The fourth-order valence-electron chi connectivity index (χ4n) is 2.17. The largest absolute Gasteiger partial charge is 0.329 e. The van der Waals surface area contributed by atoms with Gasteiger partial charge in [-0.05, 0) is 37.5 Å². The molecule has 1 aromatic rings. The van der Waals surface area contributed by atoms with Crippen LogP contribution in [0.2, 0.25) is 0 Å². The predicted octanol–water partition coefficient (Wildman–Crippen LogP) is 2.10. The van der Waals surface area contributed by atoms with Gasteiger partial charge in [-0.3, -0.25) is 4.79 Å². The van der Waals surface area contributed by atoms with Crippen LogP contribution in [0.3, 0.4) is 0 Å². The third-order valence-corrected chi connectivity index (χ3v) is 5.22. The van der Waals surface area contributed by atoms with Crippen LogP contribution in [0.5, 0.6) is 0 Å². The summed E-state index contributed by atoms with van der Waals surface area (Å²) in [6.07, 6.45) is 2.42. The molecule has 0 atom stereocenters. The van der Waals surface area contributed by atoms with Crippen LogP contribution in [0.1, 0.15) is 32.3 Å². The molecule has 6 heteroatoms. The van der Waals surface area contributed by atoms with Gasteiger partial charge in [-0.15, -0.1) is 0 Å². The van der Waals surface area contributed by atoms with Crippen LogP contribution in [0.25, 0.3) is 0 Å². The molecule has 1 rings (SSSR count). The lowest BCUT2D eigenvalue weighted by molar-refractivity contribution is -0.125. The molecule has 0 radical (unpaired) electrons. The maximum Gasteiger partial charge on any atom is 0.231 e. The van der Waals surface area contributed by atoms with E-state index in [9.17, 15) is 13.2 Å². The van der Waals surface area contributed by atoms with Gasteiger partial charge in [0.25, 0.3) is 0 Å². The summed E-state index contributed by atoms with van der Waals surface area (Å²) in [5, 5.41) is 2.83. The van der Waals surface area contributed by atoms with Crippen LogP contribution in [0, 0.1) is 12.3 Å². The zero-order chi connectivity index (χ0) is 16.3. The average Bonchev–Trinajstić information content (AvgIpc) is 2.42. The first-order valence-electron chi connectivity index (χ1n) is 7.02. The van der Waals surface area contributed by atoms with E-state index in [-0.39, 0.29) is 17.3 Å². The van der Waals surface area contributed by atoms with Gasteiger partial charge < -0.3 is 11.1 Å². The smallest absolute Gasteiger partial charge is 0.231 e. The van der Waals surface area contributed by atoms with Crippen molar-refractivity contribution in [2.45, 2.75) is 38.5 Å². The van der Waals surface area contributed by atoms with Crippen LogP contribution in [-0.4, -0.2) is 27.1 Å². The van der Waals surface area contributed by atoms with Gasteiger partial charge in [-0.2, -0.15) is 0 Å². The Labute approximate surface area is 126 Å². The van der Waals surface area contributed by atoms with Gasteiger partial charge in [0.05, 0.1) is 10.3 Å². The van der Waals surface area contributed by atoms with Crippen molar-refractivity contribution in [1.82, 2.24) is 0 Å². The number of aryl methyl sites for hydroxylation is 1. The van der Waals surface area contributed by atoms with Crippen LogP contribution >= 0.6 is 0 Å². The van der Waals surface area contributed by atoms with Gasteiger partial charge >= 0.3 is 0 Å². The summed E-state index contributed by atoms with van der Waals surface area (Å²) in [6.45, 7) is 5.94. The number of hydrogen-bond acceptors (Lipinski definition) is 4. The first-order chi connectivity index (χ1) is 9.70. The van der Waals surface area contributed by atoms with E-state index in [0.717, 1.165) is 11.8 Å². The molecule has 118 valence electrons. The molecule has 0 aliphatic rings. The number of sulfone groups is 1. The summed E-state index contributed by atoms with van der Waals surface area (Å²) < 4.78 is 23.2. The zero-order valence-corrected chi connectivity index (χ0v) is 13.9. The topological polar surface area (TPSA) is 89.3 Å². The van der Waals surface area contributed by atoms with Crippen molar-refractivity contribution < 1.29 is 13.2 Å². The Morgan fingerprint density at radius 2 is 1.86 bits per heavy atom. The molecule has 0 heterocycles. The number of nitrogens with two attached hydrogens (primary N) is 1. The highest BCUT2D eigenvalue weighted by Gasteiger charge is 2.33. The molecule has 0 aliphatic heterocycles. The Morgan fingerprint density at radius 1 is 1.29 bits per heavy atom. The molecule has 1 aromatic carbocycles. The Bertz CT molecular complexity index is 612. The third kappa shape index (κ3) is 3.83. The zero-order valence-electron chi connectivity index (χ0n) is 13.1. The normalized spacial score (nSPS) is 12.2. The molecular formula is C15H24N2O3S. The van der Waals surface area contributed by atoms with E-state index in [0.29, 0.717) is 18.5 Å². The van der Waals surface area contributed by atoms with E-state index in [2.05, 4.69) is 5.32 Å². The lowest BCUT2D eigenvalue weighted by atomic mass is 9.81. The second-order valence-electron chi connectivity index (χ2n) is 5.39. The minimum absolute atomic E-state index is 0.163. The average molecular weight is 312 g/mol. The van der Waals surface area contributed by atoms with Crippen molar-refractivity contribution in [2.24, 2.45) is 11.1 Å². The summed E-state index contributed by atoms with van der Waals surface area (Å²) in [5.74, 6) is -0.163. The van der Waals surface area contributed by atoms with Gasteiger partial charge in [0.1, 0.15) is 0 Å². The number of anilines is 1. The molecule has 5 nitrogen and oxygen atoms in total. The quantitative estimate of drug-likeness (QED) is 0.842. The lowest BCUT2D eigenvalue weighted by Crippen LogP contribution is -2.41. The van der Waals surface area contributed by atoms with Gasteiger partial charge in [0, 0.05) is 18.5 Å². The fourth-order valence-corrected chi connectivity index (χ4v) is 2.82. The van der Waals surface area contributed by atoms with Crippen LogP contribution < -0.4 is 11.1 Å². The summed E-state index contributed by atoms with van der Waals surface area (Å²) in [4.78, 5) is 12.7. The van der Waals surface area contributed by atoms with Crippen molar-refractivity contribution >= 4 is 21.4 Å². The molecule has 0 unspecified atom stereocenters. The van der Waals surface area contributed by atoms with Crippen molar-refractivity contribution in [3.8, 4) is 0 Å². The third-order valence-electron chi connectivity index (χ3n) is 4.11. The van der Waals surface area contributed by atoms with Crippen molar-refractivity contribution in [2.75, 3.05) is 18.1 Å². The molecule has 1 amide bonds. The molecule has 0 saturated carbocycles. The lowest BCUT2D eigenvalue weighted by Gasteiger charge is -2.29. The molecule has 0 fully saturated rings. The molecule has 0 spiro atoms. The van der Waals surface area contributed by atoms with Crippen LogP contribution in [-0.2, 0) is 14.6 Å². The highest BCUT2D eigenvalue weighted by Crippen LogP contribution is 2.28. The first-order valence-corrected chi connectivity index (χ1v) is 8.91. The highest BCUT2D eigenvalue weighted by atomic mass is 32.2. The van der Waals surface area contributed by atoms with E-state index in [1.54, 1.807) is 6.07 Å². The van der Waals surface area contributed by atoms with E-state index >= 15 is 0 Å². The molecule has 0 aromatic heterocycles. The number of rotatable bonds is 6. The second kappa shape index (κ2) is 6.58. The van der Waals surface area contributed by atoms with Gasteiger partial charge in [-0.1, -0.05) is 19.9 Å². The Hall–Kier alpha value is -1.40. The van der Waals surface area contributed by atoms with E-state index in [1.807, 2.05) is 20.8 Å². The minimum Gasteiger partial charge on any atom is -0.329 e. The Kier molecular flexibility index (Phi) is 5.53. The van der Waals surface area contributed by atoms with E-state index in [4.69, 9.17) is 5.73 Å². The van der Waals surface area contributed by atoms with E-state index in [1.165, 1.54) is 12.1 Å². The number of benzene rings is 1. The highest BCUT2D eigenvalue weighted by molar-refractivity contribution is 7.90. The summed E-state index contributed by atoms with van der Waals surface area (Å²) in [5.41, 5.74) is 6.48. The number of carbonyl (C=O) groups is 1. The number of amides is 1. The first kappa shape index (κ1) is 17.7. The van der Waals surface area contributed by atoms with Gasteiger partial charge in [-0.25, -0.2) is 8.42 Å². The second-order valence-corrected chi connectivity index (χ2v) is 7.41. The standard InChI is InChI=1S/C15H24N2O3S/c1-5-15(6-2,10-16)14(18)17-13-9-12(21(4,19)20)8-7-11(13)3/h7-9H,5-6,10,16H2,1-4H3,(H,17,18). The summed E-state index contributed by atoms with van der Waals surface area (Å²) in [6, 6.07) is 4.72. The molecule has 3 N–H and O–H groups in total. The number of carbonyl (C=O) groups excluding carboxylic acids is 1. The molecule has 21 heavy (non-hydrogen) atoms.